The highest BCUT2D eigenvalue weighted by molar-refractivity contribution is 5.98. The van der Waals surface area contributed by atoms with E-state index in [2.05, 4.69) is 5.32 Å². The smallest absolute Gasteiger partial charge is 0.326 e. The molecule has 0 aliphatic heterocycles. The maximum absolute atomic E-state index is 12.6. The van der Waals surface area contributed by atoms with Crippen LogP contribution in [0.15, 0.2) is 77.2 Å². The average Bonchev–Trinajstić information content (AvgIpc) is 3.23. The number of carboxylic acids is 1. The fourth-order valence-corrected chi connectivity index (χ4v) is 3.46. The standard InChI is InChI=1S/C25H21NO6/c1-31-18-10-11-22-17(13-18)14-23(32-22)24(28)26-20(25(29)30)12-15-6-8-16(9-7-15)19-4-2-3-5-21(19)27/h2-11,13-14,20,27H,12H2,1H3,(H,26,28)(H,29,30). The van der Waals surface area contributed by atoms with E-state index in [9.17, 15) is 19.8 Å². The molecule has 7 heteroatoms. The van der Waals surface area contributed by atoms with E-state index < -0.39 is 17.9 Å². The number of carbonyl (C=O) groups is 2. The summed E-state index contributed by atoms with van der Waals surface area (Å²) in [4.78, 5) is 24.4. The molecule has 0 saturated carbocycles. The van der Waals surface area contributed by atoms with Crippen LogP contribution in [0.3, 0.4) is 0 Å². The minimum Gasteiger partial charge on any atom is -0.507 e. The molecule has 1 unspecified atom stereocenters. The van der Waals surface area contributed by atoms with Gasteiger partial charge in [0.25, 0.3) is 5.91 Å². The molecule has 1 aromatic heterocycles. The van der Waals surface area contributed by atoms with Crippen LogP contribution in [0, 0.1) is 0 Å². The largest absolute Gasteiger partial charge is 0.507 e. The molecule has 0 fully saturated rings. The van der Waals surface area contributed by atoms with Gasteiger partial charge in [0, 0.05) is 17.4 Å². The molecular weight excluding hydrogens is 410 g/mol. The zero-order chi connectivity index (χ0) is 22.7. The highest BCUT2D eigenvalue weighted by Crippen LogP contribution is 2.29. The van der Waals surface area contributed by atoms with Gasteiger partial charge in [-0.3, -0.25) is 4.79 Å². The van der Waals surface area contributed by atoms with E-state index in [1.165, 1.54) is 0 Å². The van der Waals surface area contributed by atoms with E-state index in [0.717, 1.165) is 11.1 Å². The van der Waals surface area contributed by atoms with Crippen molar-refractivity contribution in [1.29, 1.82) is 0 Å². The van der Waals surface area contributed by atoms with Crippen molar-refractivity contribution in [3.05, 3.63) is 84.1 Å². The molecule has 4 aromatic rings. The van der Waals surface area contributed by atoms with Crippen molar-refractivity contribution in [3.63, 3.8) is 0 Å². The number of phenols is 1. The summed E-state index contributed by atoms with van der Waals surface area (Å²) in [7, 11) is 1.54. The number of amides is 1. The first-order valence-electron chi connectivity index (χ1n) is 9.93. The number of rotatable bonds is 7. The van der Waals surface area contributed by atoms with Gasteiger partial charge in [-0.25, -0.2) is 4.79 Å². The molecule has 32 heavy (non-hydrogen) atoms. The van der Waals surface area contributed by atoms with Gasteiger partial charge in [-0.15, -0.1) is 0 Å². The number of ether oxygens (including phenoxy) is 1. The minimum absolute atomic E-state index is 0.0226. The number of aromatic hydroxyl groups is 1. The number of hydrogen-bond acceptors (Lipinski definition) is 5. The first kappa shape index (κ1) is 21.0. The Kier molecular flexibility index (Phi) is 5.81. The number of fused-ring (bicyclic) bond motifs is 1. The highest BCUT2D eigenvalue weighted by Gasteiger charge is 2.23. The normalized spacial score (nSPS) is 11.8. The number of phenolic OH excluding ortho intramolecular Hbond substituents is 1. The van der Waals surface area contributed by atoms with Crippen LogP contribution in [-0.4, -0.2) is 35.2 Å². The van der Waals surface area contributed by atoms with Gasteiger partial charge < -0.3 is 24.7 Å². The molecule has 0 spiro atoms. The Bertz CT molecular complexity index is 1280. The summed E-state index contributed by atoms with van der Waals surface area (Å²) in [5, 5.41) is 22.8. The molecule has 0 saturated heterocycles. The van der Waals surface area contributed by atoms with Crippen LogP contribution in [0.4, 0.5) is 0 Å². The van der Waals surface area contributed by atoms with Crippen LogP contribution < -0.4 is 10.1 Å². The number of benzene rings is 3. The van der Waals surface area contributed by atoms with Gasteiger partial charge in [0.2, 0.25) is 0 Å². The molecular formula is C25H21NO6. The molecule has 0 aliphatic carbocycles. The number of carboxylic acid groups (broad SMARTS) is 1. The summed E-state index contributed by atoms with van der Waals surface area (Å²) >= 11 is 0. The summed E-state index contributed by atoms with van der Waals surface area (Å²) in [6, 6.07) is 19.7. The number of methoxy groups -OCH3 is 1. The first-order chi connectivity index (χ1) is 15.4. The Morgan fingerprint density at radius 1 is 1.03 bits per heavy atom. The number of carbonyl (C=O) groups excluding carboxylic acids is 1. The van der Waals surface area contributed by atoms with Crippen molar-refractivity contribution in [1.82, 2.24) is 5.32 Å². The average molecular weight is 431 g/mol. The molecule has 3 aromatic carbocycles. The van der Waals surface area contributed by atoms with Crippen LogP contribution in [0.1, 0.15) is 16.1 Å². The number of furan rings is 1. The second kappa shape index (κ2) is 8.85. The zero-order valence-electron chi connectivity index (χ0n) is 17.2. The van der Waals surface area contributed by atoms with Gasteiger partial charge in [-0.2, -0.15) is 0 Å². The van der Waals surface area contributed by atoms with Crippen LogP contribution in [-0.2, 0) is 11.2 Å². The number of nitrogens with one attached hydrogen (secondary N) is 1. The molecule has 3 N–H and O–H groups in total. The molecule has 0 bridgehead atoms. The number of aliphatic carboxylic acids is 1. The van der Waals surface area contributed by atoms with Gasteiger partial charge in [-0.05, 0) is 41.5 Å². The second-order valence-electron chi connectivity index (χ2n) is 7.30. The first-order valence-corrected chi connectivity index (χ1v) is 9.93. The predicted octanol–water partition coefficient (Wildman–Crippen LogP) is 4.24. The lowest BCUT2D eigenvalue weighted by molar-refractivity contribution is -0.139. The van der Waals surface area contributed by atoms with E-state index in [1.807, 2.05) is 6.07 Å². The van der Waals surface area contributed by atoms with Crippen LogP contribution in [0.25, 0.3) is 22.1 Å². The maximum atomic E-state index is 12.6. The SMILES string of the molecule is COc1ccc2oc(C(=O)NC(Cc3ccc(-c4ccccc4O)cc3)C(=O)O)cc2c1. The van der Waals surface area contributed by atoms with E-state index in [4.69, 9.17) is 9.15 Å². The van der Waals surface area contributed by atoms with Crippen LogP contribution in [0.2, 0.25) is 0 Å². The molecule has 162 valence electrons. The molecule has 1 heterocycles. The maximum Gasteiger partial charge on any atom is 0.326 e. The monoisotopic (exact) mass is 431 g/mol. The predicted molar refractivity (Wildman–Crippen MR) is 119 cm³/mol. The summed E-state index contributed by atoms with van der Waals surface area (Å²) in [6.45, 7) is 0. The van der Waals surface area contributed by atoms with Gasteiger partial charge in [0.15, 0.2) is 5.76 Å². The fraction of sp³-hybridized carbons (Fsp3) is 0.120. The molecule has 0 aliphatic rings. The molecule has 7 nitrogen and oxygen atoms in total. The van der Waals surface area contributed by atoms with E-state index in [-0.39, 0.29) is 17.9 Å². The lowest BCUT2D eigenvalue weighted by atomic mass is 10.00. The number of para-hydroxylation sites is 1. The topological polar surface area (TPSA) is 109 Å². The van der Waals surface area contributed by atoms with Crippen LogP contribution in [0.5, 0.6) is 11.5 Å². The van der Waals surface area contributed by atoms with E-state index in [0.29, 0.717) is 22.3 Å². The zero-order valence-corrected chi connectivity index (χ0v) is 17.2. The van der Waals surface area contributed by atoms with Gasteiger partial charge in [0.1, 0.15) is 23.1 Å². The van der Waals surface area contributed by atoms with Crippen molar-refractivity contribution in [2.75, 3.05) is 7.11 Å². The molecule has 0 radical (unpaired) electrons. The molecule has 1 atom stereocenters. The Morgan fingerprint density at radius 2 is 1.78 bits per heavy atom. The second-order valence-corrected chi connectivity index (χ2v) is 7.30. The number of hydrogen-bond donors (Lipinski definition) is 3. The lowest BCUT2D eigenvalue weighted by Crippen LogP contribution is -2.42. The minimum atomic E-state index is -1.15. The van der Waals surface area contributed by atoms with Crippen molar-refractivity contribution >= 4 is 22.8 Å². The third-order valence-corrected chi connectivity index (χ3v) is 5.16. The Hall–Kier alpha value is -4.26. The third kappa shape index (κ3) is 4.41. The highest BCUT2D eigenvalue weighted by atomic mass is 16.5. The molecule has 1 amide bonds. The van der Waals surface area contributed by atoms with Crippen molar-refractivity contribution in [2.45, 2.75) is 12.5 Å². The van der Waals surface area contributed by atoms with E-state index in [1.54, 1.807) is 73.8 Å². The summed E-state index contributed by atoms with van der Waals surface area (Å²) in [5.74, 6) is -0.950. The summed E-state index contributed by atoms with van der Waals surface area (Å²) in [5.41, 5.74) is 2.72. The van der Waals surface area contributed by atoms with Crippen LogP contribution >= 0.6 is 0 Å². The van der Waals surface area contributed by atoms with Crippen molar-refractivity contribution in [2.24, 2.45) is 0 Å². The lowest BCUT2D eigenvalue weighted by Gasteiger charge is -2.14. The third-order valence-electron chi connectivity index (χ3n) is 5.16. The van der Waals surface area contributed by atoms with Crippen molar-refractivity contribution in [3.8, 4) is 22.6 Å². The summed E-state index contributed by atoms with van der Waals surface area (Å²) < 4.78 is 10.7. The molecule has 4 rings (SSSR count). The van der Waals surface area contributed by atoms with E-state index >= 15 is 0 Å². The van der Waals surface area contributed by atoms with Crippen molar-refractivity contribution < 1.29 is 29.0 Å². The Morgan fingerprint density at radius 3 is 2.47 bits per heavy atom. The fourth-order valence-electron chi connectivity index (χ4n) is 3.46. The quantitative estimate of drug-likeness (QED) is 0.404. The van der Waals surface area contributed by atoms with Gasteiger partial charge in [0.05, 0.1) is 7.11 Å². The summed E-state index contributed by atoms with van der Waals surface area (Å²) in [6.07, 6.45) is 0.0934. The Balaban J connectivity index is 1.49. The Labute approximate surface area is 183 Å². The van der Waals surface area contributed by atoms with Gasteiger partial charge in [-0.1, -0.05) is 42.5 Å². The van der Waals surface area contributed by atoms with Gasteiger partial charge >= 0.3 is 5.97 Å².